The van der Waals surface area contributed by atoms with Crippen LogP contribution in [0.2, 0.25) is 0 Å². The summed E-state index contributed by atoms with van der Waals surface area (Å²) in [6.45, 7) is 4.92. The molecule has 0 saturated heterocycles. The van der Waals surface area contributed by atoms with Gasteiger partial charge in [0.25, 0.3) is 0 Å². The fraction of sp³-hybridized carbons (Fsp3) is 0.875. The van der Waals surface area contributed by atoms with Crippen molar-refractivity contribution in [2.75, 3.05) is 6.54 Å². The minimum atomic E-state index is -0.100. The molecule has 0 amide bonds. The summed E-state index contributed by atoms with van der Waals surface area (Å²) in [4.78, 5) is 9.98. The molecule has 0 fully saturated rings. The van der Waals surface area contributed by atoms with Crippen LogP contribution in [0.4, 0.5) is 0 Å². The van der Waals surface area contributed by atoms with Crippen molar-refractivity contribution < 1.29 is 4.79 Å². The quantitative estimate of drug-likeness (QED) is 0.566. The molecule has 0 aliphatic heterocycles. The van der Waals surface area contributed by atoms with Crippen molar-refractivity contribution in [1.29, 1.82) is 0 Å². The van der Waals surface area contributed by atoms with Gasteiger partial charge in [0.15, 0.2) is 0 Å². The van der Waals surface area contributed by atoms with Crippen LogP contribution < -0.4 is 5.32 Å². The monoisotopic (exact) mass is 142 g/mol. The van der Waals surface area contributed by atoms with Crippen LogP contribution in [0.5, 0.6) is 0 Å². The van der Waals surface area contributed by atoms with Crippen molar-refractivity contribution in [3.05, 3.63) is 0 Å². The fourth-order valence-electron chi connectivity index (χ4n) is 0.735. The van der Waals surface area contributed by atoms with E-state index in [4.69, 9.17) is 0 Å². The molecule has 1 radical (unpaired) electrons. The van der Waals surface area contributed by atoms with Crippen molar-refractivity contribution in [2.24, 2.45) is 0 Å². The lowest BCUT2D eigenvalue weighted by Gasteiger charge is -2.04. The molecule has 0 spiro atoms. The summed E-state index contributed by atoms with van der Waals surface area (Å²) in [5, 5.41) is 3.04. The highest BCUT2D eigenvalue weighted by molar-refractivity contribution is 5.57. The zero-order valence-electron chi connectivity index (χ0n) is 6.81. The molecule has 0 saturated carbocycles. The number of rotatable bonds is 6. The van der Waals surface area contributed by atoms with Gasteiger partial charge in [0, 0.05) is 0 Å². The lowest BCUT2D eigenvalue weighted by molar-refractivity contribution is 0.518. The molecule has 0 bridgehead atoms. The molecule has 0 aliphatic carbocycles. The third-order valence-electron chi connectivity index (χ3n) is 1.41. The average Bonchev–Trinajstić information content (AvgIpc) is 1.98. The SMILES string of the molecule is CCCCCNC(C)[C]=O. The molecule has 0 heterocycles. The Hall–Kier alpha value is -0.370. The maximum Gasteiger partial charge on any atom is 0.216 e. The van der Waals surface area contributed by atoms with Gasteiger partial charge < -0.3 is 5.32 Å². The largest absolute Gasteiger partial charge is 0.307 e. The summed E-state index contributed by atoms with van der Waals surface area (Å²) in [6.07, 6.45) is 5.49. The lowest BCUT2D eigenvalue weighted by atomic mass is 10.2. The van der Waals surface area contributed by atoms with E-state index in [-0.39, 0.29) is 6.04 Å². The topological polar surface area (TPSA) is 29.1 Å². The van der Waals surface area contributed by atoms with Gasteiger partial charge >= 0.3 is 0 Å². The van der Waals surface area contributed by atoms with E-state index in [0.717, 1.165) is 13.0 Å². The van der Waals surface area contributed by atoms with Crippen LogP contribution in [0.15, 0.2) is 0 Å². The first-order chi connectivity index (χ1) is 4.81. The molecule has 1 N–H and O–H groups in total. The van der Waals surface area contributed by atoms with Crippen LogP contribution in [-0.2, 0) is 4.79 Å². The number of hydrogen-bond donors (Lipinski definition) is 1. The summed E-state index contributed by atoms with van der Waals surface area (Å²) in [7, 11) is 0. The first-order valence-electron chi connectivity index (χ1n) is 3.92. The first kappa shape index (κ1) is 9.63. The van der Waals surface area contributed by atoms with Gasteiger partial charge in [-0.15, -0.1) is 0 Å². The summed E-state index contributed by atoms with van der Waals surface area (Å²) in [6, 6.07) is -0.100. The first-order valence-corrected chi connectivity index (χ1v) is 3.92. The molecule has 0 aliphatic rings. The number of nitrogens with one attached hydrogen (secondary N) is 1. The van der Waals surface area contributed by atoms with Crippen molar-refractivity contribution in [3.63, 3.8) is 0 Å². The van der Waals surface area contributed by atoms with Gasteiger partial charge in [0.1, 0.15) is 0 Å². The second-order valence-corrected chi connectivity index (χ2v) is 2.50. The van der Waals surface area contributed by atoms with E-state index in [2.05, 4.69) is 12.2 Å². The summed E-state index contributed by atoms with van der Waals surface area (Å²) in [5.41, 5.74) is 0. The second-order valence-electron chi connectivity index (χ2n) is 2.50. The van der Waals surface area contributed by atoms with Crippen LogP contribution in [-0.4, -0.2) is 18.9 Å². The van der Waals surface area contributed by atoms with E-state index < -0.39 is 0 Å². The fourth-order valence-corrected chi connectivity index (χ4v) is 0.735. The third kappa shape index (κ3) is 5.76. The Labute approximate surface area is 63.0 Å². The summed E-state index contributed by atoms with van der Waals surface area (Å²) < 4.78 is 0. The van der Waals surface area contributed by atoms with Crippen LogP contribution in [0.1, 0.15) is 33.1 Å². The summed E-state index contributed by atoms with van der Waals surface area (Å²) >= 11 is 0. The molecule has 0 rings (SSSR count). The zero-order chi connectivity index (χ0) is 7.82. The highest BCUT2D eigenvalue weighted by atomic mass is 16.1. The lowest BCUT2D eigenvalue weighted by Crippen LogP contribution is -2.27. The Balaban J connectivity index is 2.95. The van der Waals surface area contributed by atoms with Crippen LogP contribution in [0.3, 0.4) is 0 Å². The van der Waals surface area contributed by atoms with Gasteiger partial charge in [-0.1, -0.05) is 19.8 Å². The van der Waals surface area contributed by atoms with Gasteiger partial charge in [0.2, 0.25) is 6.29 Å². The van der Waals surface area contributed by atoms with Gasteiger partial charge in [-0.3, -0.25) is 4.79 Å². The van der Waals surface area contributed by atoms with Gasteiger partial charge in [-0.25, -0.2) is 0 Å². The highest BCUT2D eigenvalue weighted by Gasteiger charge is 1.96. The van der Waals surface area contributed by atoms with Gasteiger partial charge in [-0.05, 0) is 19.9 Å². The molecule has 10 heavy (non-hydrogen) atoms. The van der Waals surface area contributed by atoms with Crippen LogP contribution in [0, 0.1) is 0 Å². The molecule has 0 aromatic heterocycles. The summed E-state index contributed by atoms with van der Waals surface area (Å²) in [5.74, 6) is 0. The number of hydrogen-bond acceptors (Lipinski definition) is 2. The third-order valence-corrected chi connectivity index (χ3v) is 1.41. The van der Waals surface area contributed by atoms with Crippen LogP contribution >= 0.6 is 0 Å². The van der Waals surface area contributed by atoms with Gasteiger partial charge in [0.05, 0.1) is 6.04 Å². The Morgan fingerprint density at radius 3 is 2.70 bits per heavy atom. The van der Waals surface area contributed by atoms with Crippen molar-refractivity contribution in [3.8, 4) is 0 Å². The Morgan fingerprint density at radius 2 is 2.20 bits per heavy atom. The molecule has 0 aromatic carbocycles. The molecule has 1 unspecified atom stereocenters. The molecule has 1 atom stereocenters. The van der Waals surface area contributed by atoms with E-state index in [0.29, 0.717) is 0 Å². The highest BCUT2D eigenvalue weighted by Crippen LogP contribution is 1.91. The molecule has 2 nitrogen and oxygen atoms in total. The van der Waals surface area contributed by atoms with E-state index in [1.807, 2.05) is 13.2 Å². The second kappa shape index (κ2) is 6.75. The normalized spacial score (nSPS) is 13.0. The maximum absolute atomic E-state index is 9.98. The molecule has 2 heteroatoms. The minimum Gasteiger partial charge on any atom is -0.307 e. The molecular weight excluding hydrogens is 126 g/mol. The molecule has 0 aromatic rings. The van der Waals surface area contributed by atoms with E-state index in [1.165, 1.54) is 12.8 Å². The maximum atomic E-state index is 9.98. The predicted octanol–water partition coefficient (Wildman–Crippen LogP) is 1.26. The van der Waals surface area contributed by atoms with Crippen molar-refractivity contribution >= 4 is 6.29 Å². The average molecular weight is 142 g/mol. The number of unbranched alkanes of at least 4 members (excludes halogenated alkanes) is 2. The Bertz CT molecular complexity index is 83.3. The smallest absolute Gasteiger partial charge is 0.216 e. The predicted molar refractivity (Wildman–Crippen MR) is 42.7 cm³/mol. The van der Waals surface area contributed by atoms with Crippen molar-refractivity contribution in [1.82, 2.24) is 5.32 Å². The van der Waals surface area contributed by atoms with Crippen LogP contribution in [0.25, 0.3) is 0 Å². The molecule has 59 valence electrons. The Kier molecular flexibility index (Phi) is 6.50. The van der Waals surface area contributed by atoms with E-state index >= 15 is 0 Å². The minimum absolute atomic E-state index is 0.100. The number of carbonyl (C=O) groups excluding carboxylic acids is 1. The Morgan fingerprint density at radius 1 is 1.50 bits per heavy atom. The van der Waals surface area contributed by atoms with E-state index in [9.17, 15) is 4.79 Å². The van der Waals surface area contributed by atoms with Gasteiger partial charge in [-0.2, -0.15) is 0 Å². The van der Waals surface area contributed by atoms with E-state index in [1.54, 1.807) is 0 Å². The van der Waals surface area contributed by atoms with Crippen molar-refractivity contribution in [2.45, 2.75) is 39.2 Å². The molecular formula is C8H16NO. The standard InChI is InChI=1S/C8H16NO/c1-3-4-5-6-9-8(2)7-10/h8-9H,3-6H2,1-2H3. The zero-order valence-corrected chi connectivity index (χ0v) is 6.81.